The van der Waals surface area contributed by atoms with E-state index in [0.717, 1.165) is 16.7 Å². The maximum absolute atomic E-state index is 13.8. The van der Waals surface area contributed by atoms with Crippen molar-refractivity contribution in [2.75, 3.05) is 39.0 Å². The van der Waals surface area contributed by atoms with E-state index < -0.39 is 15.8 Å². The summed E-state index contributed by atoms with van der Waals surface area (Å²) >= 11 is 6.39. The Balaban J connectivity index is 1.41. The van der Waals surface area contributed by atoms with Crippen LogP contribution in [0.25, 0.3) is 27.8 Å². The van der Waals surface area contributed by atoms with Crippen LogP contribution in [-0.2, 0) is 10.0 Å². The number of nitrogens with zero attached hydrogens (tertiary/aromatic N) is 4. The van der Waals surface area contributed by atoms with Gasteiger partial charge in [0.15, 0.2) is 0 Å². The molecule has 4 aromatic rings. The van der Waals surface area contributed by atoms with Gasteiger partial charge >= 0.3 is 0 Å². The molecule has 1 aliphatic heterocycles. The number of benzene rings is 3. The number of para-hydroxylation sites is 2. The van der Waals surface area contributed by atoms with Crippen LogP contribution in [0.2, 0.25) is 5.02 Å². The van der Waals surface area contributed by atoms with Crippen LogP contribution < -0.4 is 5.32 Å². The molecule has 1 atom stereocenters. The molecule has 1 aliphatic rings. The summed E-state index contributed by atoms with van der Waals surface area (Å²) in [6, 6.07) is 17.1. The van der Waals surface area contributed by atoms with Gasteiger partial charge in [-0.1, -0.05) is 23.7 Å². The lowest BCUT2D eigenvalue weighted by Gasteiger charge is -2.34. The quantitative estimate of drug-likeness (QED) is 0.361. The average molecular weight is 570 g/mol. The van der Waals surface area contributed by atoms with Gasteiger partial charge in [0.1, 0.15) is 12.1 Å². The molecule has 1 saturated heterocycles. The Bertz CT molecular complexity index is 1630. The number of halogens is 2. The second kappa shape index (κ2) is 11.1. The molecule has 39 heavy (non-hydrogen) atoms. The van der Waals surface area contributed by atoms with Crippen molar-refractivity contribution in [3.63, 3.8) is 0 Å². The minimum absolute atomic E-state index is 0.183. The molecule has 1 amide bonds. The van der Waals surface area contributed by atoms with Crippen LogP contribution in [0, 0.1) is 5.82 Å². The first-order chi connectivity index (χ1) is 18.6. The molecule has 3 aromatic carbocycles. The zero-order valence-electron chi connectivity index (χ0n) is 21.6. The largest absolute Gasteiger partial charge is 0.348 e. The third-order valence-electron chi connectivity index (χ3n) is 6.86. The van der Waals surface area contributed by atoms with Gasteiger partial charge in [-0.05, 0) is 61.0 Å². The van der Waals surface area contributed by atoms with Crippen molar-refractivity contribution < 1.29 is 17.6 Å². The first-order valence-corrected chi connectivity index (χ1v) is 14.8. The fourth-order valence-corrected chi connectivity index (χ4v) is 6.01. The van der Waals surface area contributed by atoms with Gasteiger partial charge in [-0.2, -0.15) is 4.31 Å². The van der Waals surface area contributed by atoms with Gasteiger partial charge in [0.25, 0.3) is 5.91 Å². The van der Waals surface area contributed by atoms with Crippen LogP contribution in [-0.4, -0.2) is 78.1 Å². The zero-order chi connectivity index (χ0) is 27.7. The minimum Gasteiger partial charge on any atom is -0.348 e. The highest BCUT2D eigenvalue weighted by Gasteiger charge is 2.25. The Morgan fingerprint density at radius 3 is 2.54 bits per heavy atom. The van der Waals surface area contributed by atoms with Crippen molar-refractivity contribution in [1.82, 2.24) is 24.1 Å². The maximum atomic E-state index is 13.8. The van der Waals surface area contributed by atoms with E-state index in [2.05, 4.69) is 15.2 Å². The number of imidazole rings is 1. The van der Waals surface area contributed by atoms with Gasteiger partial charge in [0.05, 0.1) is 22.3 Å². The number of rotatable bonds is 7. The van der Waals surface area contributed by atoms with Crippen LogP contribution in [0.4, 0.5) is 4.39 Å². The van der Waals surface area contributed by atoms with Crippen molar-refractivity contribution in [2.45, 2.75) is 13.0 Å². The van der Waals surface area contributed by atoms with E-state index in [0.29, 0.717) is 49.4 Å². The van der Waals surface area contributed by atoms with E-state index in [-0.39, 0.29) is 17.0 Å². The third-order valence-corrected chi connectivity index (χ3v) is 8.48. The molecule has 8 nitrogen and oxygen atoms in total. The number of aromatic nitrogens is 2. The number of carbonyl (C=O) groups excluding carboxylic acids is 1. The van der Waals surface area contributed by atoms with E-state index in [1.807, 2.05) is 41.8 Å². The average Bonchev–Trinajstić information content (AvgIpc) is 3.32. The Kier molecular flexibility index (Phi) is 7.73. The van der Waals surface area contributed by atoms with Crippen molar-refractivity contribution in [3.05, 3.63) is 83.4 Å². The highest BCUT2D eigenvalue weighted by Crippen LogP contribution is 2.32. The van der Waals surface area contributed by atoms with E-state index >= 15 is 0 Å². The summed E-state index contributed by atoms with van der Waals surface area (Å²) in [7, 11) is -3.20. The van der Waals surface area contributed by atoms with E-state index in [1.54, 1.807) is 24.5 Å². The molecule has 2 heterocycles. The van der Waals surface area contributed by atoms with Crippen molar-refractivity contribution in [1.29, 1.82) is 0 Å². The molecule has 0 saturated carbocycles. The molecule has 1 N–H and O–H groups in total. The smallest absolute Gasteiger partial charge is 0.251 e. The number of hydrogen-bond donors (Lipinski definition) is 1. The van der Waals surface area contributed by atoms with E-state index in [9.17, 15) is 17.6 Å². The SMILES string of the molecule is C[C@H](CN1CCN(S(C)(=O)=O)CC1)NC(=O)c1cc(-c2ccc(F)cc2Cl)cc(-n2cnc3ccccc32)c1. The Morgan fingerprint density at radius 2 is 1.82 bits per heavy atom. The topological polar surface area (TPSA) is 87.5 Å². The van der Waals surface area contributed by atoms with Crippen LogP contribution in [0.3, 0.4) is 0 Å². The van der Waals surface area contributed by atoms with Crippen LogP contribution >= 0.6 is 11.6 Å². The molecular formula is C28H29ClFN5O3S. The second-order valence-electron chi connectivity index (χ2n) is 9.83. The zero-order valence-corrected chi connectivity index (χ0v) is 23.2. The lowest BCUT2D eigenvalue weighted by Crippen LogP contribution is -2.51. The number of nitrogens with one attached hydrogen (secondary N) is 1. The van der Waals surface area contributed by atoms with Crippen molar-refractivity contribution in [2.24, 2.45) is 0 Å². The monoisotopic (exact) mass is 569 g/mol. The molecule has 204 valence electrons. The van der Waals surface area contributed by atoms with Crippen LogP contribution in [0.5, 0.6) is 0 Å². The predicted molar refractivity (Wildman–Crippen MR) is 151 cm³/mol. The first-order valence-electron chi connectivity index (χ1n) is 12.6. The summed E-state index contributed by atoms with van der Waals surface area (Å²) in [5.41, 5.74) is 4.12. The molecular weight excluding hydrogens is 541 g/mol. The summed E-state index contributed by atoms with van der Waals surface area (Å²) in [6.45, 7) is 4.58. The van der Waals surface area contributed by atoms with E-state index in [1.165, 1.54) is 22.7 Å². The standard InChI is InChI=1S/C28H29ClFN5O3S/c1-19(17-33-9-11-34(12-10-33)39(2,37)38)32-28(36)21-13-20(24-8-7-22(30)16-25(24)29)14-23(15-21)35-18-31-26-5-3-4-6-27(26)35/h3-8,13-16,18-19H,9-12,17H2,1-2H3,(H,32,36)/t19-/m1/s1. The number of amides is 1. The van der Waals surface area contributed by atoms with Crippen molar-refractivity contribution in [3.8, 4) is 16.8 Å². The Hall–Kier alpha value is -3.31. The normalized spacial score (nSPS) is 15.9. The highest BCUT2D eigenvalue weighted by atomic mass is 35.5. The highest BCUT2D eigenvalue weighted by molar-refractivity contribution is 7.88. The summed E-state index contributed by atoms with van der Waals surface area (Å²) in [4.78, 5) is 20.1. The lowest BCUT2D eigenvalue weighted by molar-refractivity contribution is 0.0922. The summed E-state index contributed by atoms with van der Waals surface area (Å²) in [5.74, 6) is -0.701. The maximum Gasteiger partial charge on any atom is 0.251 e. The van der Waals surface area contributed by atoms with Crippen molar-refractivity contribution >= 4 is 38.6 Å². The Morgan fingerprint density at radius 1 is 1.08 bits per heavy atom. The number of fused-ring (bicyclic) bond motifs is 1. The molecule has 0 spiro atoms. The summed E-state index contributed by atoms with van der Waals surface area (Å²) in [5, 5.41) is 3.31. The summed E-state index contributed by atoms with van der Waals surface area (Å²) in [6.07, 6.45) is 2.93. The predicted octanol–water partition coefficient (Wildman–Crippen LogP) is 4.18. The van der Waals surface area contributed by atoms with Gasteiger partial charge in [-0.25, -0.2) is 17.8 Å². The molecule has 0 radical (unpaired) electrons. The molecule has 1 aromatic heterocycles. The fraction of sp³-hybridized carbons (Fsp3) is 0.286. The molecule has 0 aliphatic carbocycles. The van der Waals surface area contributed by atoms with E-state index in [4.69, 9.17) is 11.6 Å². The molecule has 0 unspecified atom stereocenters. The lowest BCUT2D eigenvalue weighted by atomic mass is 10.0. The van der Waals surface area contributed by atoms with Gasteiger partial charge in [0.2, 0.25) is 10.0 Å². The Labute approximate surface area is 232 Å². The third kappa shape index (κ3) is 6.14. The number of hydrogen-bond acceptors (Lipinski definition) is 5. The van der Waals surface area contributed by atoms with Gasteiger partial charge < -0.3 is 5.32 Å². The molecule has 0 bridgehead atoms. The number of piperazine rings is 1. The molecule has 11 heteroatoms. The van der Waals surface area contributed by atoms with Crippen LogP contribution in [0.15, 0.2) is 67.0 Å². The number of sulfonamides is 1. The fourth-order valence-electron chi connectivity index (χ4n) is 4.91. The van der Waals surface area contributed by atoms with Gasteiger partial charge in [0, 0.05) is 55.6 Å². The minimum atomic E-state index is -3.20. The molecule has 1 fully saturated rings. The van der Waals surface area contributed by atoms with Crippen LogP contribution in [0.1, 0.15) is 17.3 Å². The van der Waals surface area contributed by atoms with Gasteiger partial charge in [-0.3, -0.25) is 14.3 Å². The summed E-state index contributed by atoms with van der Waals surface area (Å²) < 4.78 is 40.7. The molecule has 5 rings (SSSR count). The first kappa shape index (κ1) is 27.3. The van der Waals surface area contributed by atoms with Gasteiger partial charge in [-0.15, -0.1) is 0 Å². The second-order valence-corrected chi connectivity index (χ2v) is 12.2. The number of carbonyl (C=O) groups is 1.